The number of morpholine rings is 1. The minimum atomic E-state index is -0.393. The standard InChI is InChI=1S/C17H25FN2O3/c1-22-16-5-3-14(13-15(16)18)4-6-17(21)19-7-2-8-20-9-11-23-12-10-20/h3,5,13H,2,4,6-12H2,1H3,(H,19,21). The smallest absolute Gasteiger partial charge is 0.220 e. The number of amides is 1. The Morgan fingerprint density at radius 2 is 2.17 bits per heavy atom. The minimum Gasteiger partial charge on any atom is -0.494 e. The number of ether oxygens (including phenoxy) is 2. The van der Waals surface area contributed by atoms with Gasteiger partial charge < -0.3 is 14.8 Å². The molecular weight excluding hydrogens is 299 g/mol. The molecule has 0 spiro atoms. The zero-order valence-electron chi connectivity index (χ0n) is 13.6. The number of benzene rings is 1. The van der Waals surface area contributed by atoms with E-state index in [0.717, 1.165) is 44.8 Å². The summed E-state index contributed by atoms with van der Waals surface area (Å²) in [6.45, 7) is 5.18. The highest BCUT2D eigenvalue weighted by Gasteiger charge is 2.10. The Hall–Kier alpha value is -1.66. The summed E-state index contributed by atoms with van der Waals surface area (Å²) in [5.41, 5.74) is 0.798. The quantitative estimate of drug-likeness (QED) is 0.738. The molecule has 1 aliphatic rings. The van der Waals surface area contributed by atoms with Gasteiger partial charge >= 0.3 is 0 Å². The van der Waals surface area contributed by atoms with Crippen molar-refractivity contribution in [1.29, 1.82) is 0 Å². The summed E-state index contributed by atoms with van der Waals surface area (Å²) in [6, 6.07) is 4.79. The van der Waals surface area contributed by atoms with Gasteiger partial charge in [0.05, 0.1) is 20.3 Å². The van der Waals surface area contributed by atoms with E-state index in [4.69, 9.17) is 9.47 Å². The van der Waals surface area contributed by atoms with Crippen molar-refractivity contribution < 1.29 is 18.7 Å². The maximum absolute atomic E-state index is 13.6. The van der Waals surface area contributed by atoms with Crippen LogP contribution in [0.2, 0.25) is 0 Å². The molecule has 0 bridgehead atoms. The lowest BCUT2D eigenvalue weighted by atomic mass is 10.1. The lowest BCUT2D eigenvalue weighted by Crippen LogP contribution is -2.38. The van der Waals surface area contributed by atoms with Gasteiger partial charge in [0.25, 0.3) is 0 Å². The van der Waals surface area contributed by atoms with Crippen LogP contribution in [0.1, 0.15) is 18.4 Å². The first kappa shape index (κ1) is 17.7. The van der Waals surface area contributed by atoms with Crippen LogP contribution in [-0.4, -0.2) is 57.3 Å². The highest BCUT2D eigenvalue weighted by Crippen LogP contribution is 2.18. The van der Waals surface area contributed by atoms with Crippen molar-refractivity contribution in [2.75, 3.05) is 46.5 Å². The molecule has 1 aliphatic heterocycles. The van der Waals surface area contributed by atoms with Crippen molar-refractivity contribution in [2.45, 2.75) is 19.3 Å². The van der Waals surface area contributed by atoms with E-state index in [2.05, 4.69) is 10.2 Å². The molecule has 0 unspecified atom stereocenters. The summed E-state index contributed by atoms with van der Waals surface area (Å²) < 4.78 is 23.7. The van der Waals surface area contributed by atoms with Crippen LogP contribution in [0.25, 0.3) is 0 Å². The number of hydrogen-bond donors (Lipinski definition) is 1. The summed E-state index contributed by atoms with van der Waals surface area (Å²) in [5, 5.41) is 2.91. The predicted molar refractivity (Wildman–Crippen MR) is 86.2 cm³/mol. The van der Waals surface area contributed by atoms with E-state index in [1.165, 1.54) is 13.2 Å². The van der Waals surface area contributed by atoms with E-state index in [9.17, 15) is 9.18 Å². The van der Waals surface area contributed by atoms with Crippen LogP contribution in [0.4, 0.5) is 4.39 Å². The van der Waals surface area contributed by atoms with Gasteiger partial charge in [0.2, 0.25) is 5.91 Å². The van der Waals surface area contributed by atoms with Crippen LogP contribution < -0.4 is 10.1 Å². The van der Waals surface area contributed by atoms with Gasteiger partial charge in [0.15, 0.2) is 11.6 Å². The van der Waals surface area contributed by atoms with Crippen LogP contribution >= 0.6 is 0 Å². The van der Waals surface area contributed by atoms with Crippen molar-refractivity contribution in [2.24, 2.45) is 0 Å². The number of hydrogen-bond acceptors (Lipinski definition) is 4. The molecule has 1 amide bonds. The zero-order chi connectivity index (χ0) is 16.5. The maximum Gasteiger partial charge on any atom is 0.220 e. The number of rotatable bonds is 8. The Bertz CT molecular complexity index is 505. The summed E-state index contributed by atoms with van der Waals surface area (Å²) in [7, 11) is 1.43. The van der Waals surface area contributed by atoms with Crippen molar-refractivity contribution >= 4 is 5.91 Å². The van der Waals surface area contributed by atoms with Gasteiger partial charge in [0.1, 0.15) is 0 Å². The first-order chi connectivity index (χ1) is 11.2. The Balaban J connectivity index is 1.60. The molecule has 1 saturated heterocycles. The van der Waals surface area contributed by atoms with E-state index in [-0.39, 0.29) is 11.7 Å². The second kappa shape index (κ2) is 9.47. The van der Waals surface area contributed by atoms with Gasteiger partial charge in [0, 0.05) is 26.1 Å². The number of carbonyl (C=O) groups is 1. The molecule has 0 atom stereocenters. The Morgan fingerprint density at radius 1 is 1.39 bits per heavy atom. The minimum absolute atomic E-state index is 0.00297. The lowest BCUT2D eigenvalue weighted by Gasteiger charge is -2.26. The summed E-state index contributed by atoms with van der Waals surface area (Å²) in [4.78, 5) is 14.2. The van der Waals surface area contributed by atoms with Crippen LogP contribution in [0.3, 0.4) is 0 Å². The maximum atomic E-state index is 13.6. The number of halogens is 1. The van der Waals surface area contributed by atoms with Gasteiger partial charge in [-0.3, -0.25) is 9.69 Å². The molecule has 0 saturated carbocycles. The number of nitrogens with zero attached hydrogens (tertiary/aromatic N) is 1. The Kier molecular flexibility index (Phi) is 7.29. The molecule has 1 heterocycles. The van der Waals surface area contributed by atoms with Crippen molar-refractivity contribution in [3.63, 3.8) is 0 Å². The van der Waals surface area contributed by atoms with Gasteiger partial charge in [-0.05, 0) is 37.1 Å². The monoisotopic (exact) mass is 324 g/mol. The number of methoxy groups -OCH3 is 1. The fourth-order valence-electron chi connectivity index (χ4n) is 2.57. The van der Waals surface area contributed by atoms with E-state index in [1.807, 2.05) is 0 Å². The van der Waals surface area contributed by atoms with Gasteiger partial charge in [-0.25, -0.2) is 4.39 Å². The van der Waals surface area contributed by atoms with Crippen LogP contribution in [0.15, 0.2) is 18.2 Å². The van der Waals surface area contributed by atoms with Crippen molar-refractivity contribution in [3.05, 3.63) is 29.6 Å². The SMILES string of the molecule is COc1ccc(CCC(=O)NCCCN2CCOCC2)cc1F. The second-order valence-electron chi connectivity index (χ2n) is 5.63. The van der Waals surface area contributed by atoms with E-state index < -0.39 is 5.82 Å². The van der Waals surface area contributed by atoms with E-state index >= 15 is 0 Å². The molecule has 23 heavy (non-hydrogen) atoms. The molecule has 0 aliphatic carbocycles. The van der Waals surface area contributed by atoms with Crippen molar-refractivity contribution in [1.82, 2.24) is 10.2 Å². The Morgan fingerprint density at radius 3 is 2.87 bits per heavy atom. The van der Waals surface area contributed by atoms with Gasteiger partial charge in [-0.2, -0.15) is 0 Å². The lowest BCUT2D eigenvalue weighted by molar-refractivity contribution is -0.121. The molecule has 1 aromatic carbocycles. The highest BCUT2D eigenvalue weighted by molar-refractivity contribution is 5.76. The fourth-order valence-corrected chi connectivity index (χ4v) is 2.57. The summed E-state index contributed by atoms with van der Waals surface area (Å²) in [5.74, 6) is -0.166. The van der Waals surface area contributed by atoms with Gasteiger partial charge in [-0.1, -0.05) is 6.07 Å². The highest BCUT2D eigenvalue weighted by atomic mass is 19.1. The topological polar surface area (TPSA) is 50.8 Å². The molecule has 0 radical (unpaired) electrons. The Labute approximate surface area is 136 Å². The van der Waals surface area contributed by atoms with E-state index in [1.54, 1.807) is 12.1 Å². The summed E-state index contributed by atoms with van der Waals surface area (Å²) in [6.07, 6.45) is 1.82. The van der Waals surface area contributed by atoms with Gasteiger partial charge in [-0.15, -0.1) is 0 Å². The number of nitrogens with one attached hydrogen (secondary N) is 1. The average molecular weight is 324 g/mol. The molecule has 2 rings (SSSR count). The third-order valence-corrected chi connectivity index (χ3v) is 3.93. The first-order valence-electron chi connectivity index (χ1n) is 8.08. The predicted octanol–water partition coefficient (Wildman–Crippen LogP) is 1.61. The average Bonchev–Trinajstić information content (AvgIpc) is 2.58. The van der Waals surface area contributed by atoms with Crippen LogP contribution in [0, 0.1) is 5.82 Å². The molecule has 1 N–H and O–H groups in total. The van der Waals surface area contributed by atoms with E-state index in [0.29, 0.717) is 19.4 Å². The third kappa shape index (κ3) is 6.15. The normalized spacial score (nSPS) is 15.4. The first-order valence-corrected chi connectivity index (χ1v) is 8.08. The fraction of sp³-hybridized carbons (Fsp3) is 0.588. The van der Waals surface area contributed by atoms with Crippen LogP contribution in [0.5, 0.6) is 5.75 Å². The van der Waals surface area contributed by atoms with Crippen molar-refractivity contribution in [3.8, 4) is 5.75 Å². The number of carbonyl (C=O) groups excluding carboxylic acids is 1. The molecule has 1 aromatic rings. The molecule has 0 aromatic heterocycles. The molecule has 5 nitrogen and oxygen atoms in total. The largest absolute Gasteiger partial charge is 0.494 e. The second-order valence-corrected chi connectivity index (χ2v) is 5.63. The van der Waals surface area contributed by atoms with Crippen LogP contribution in [-0.2, 0) is 16.0 Å². The molecule has 128 valence electrons. The molecule has 1 fully saturated rings. The third-order valence-electron chi connectivity index (χ3n) is 3.93. The number of aryl methyl sites for hydroxylation is 1. The molecular formula is C17H25FN2O3. The summed E-state index contributed by atoms with van der Waals surface area (Å²) >= 11 is 0. The molecule has 6 heteroatoms. The zero-order valence-corrected chi connectivity index (χ0v) is 13.6.